The average molecular weight is 357 g/mol. The van der Waals surface area contributed by atoms with Crippen LogP contribution in [-0.2, 0) is 14.3 Å². The third-order valence-electron chi connectivity index (χ3n) is 4.54. The summed E-state index contributed by atoms with van der Waals surface area (Å²) in [5.41, 5.74) is 3.05. The molecule has 1 saturated heterocycles. The van der Waals surface area contributed by atoms with Crippen molar-refractivity contribution in [2.45, 2.75) is 45.8 Å². The van der Waals surface area contributed by atoms with E-state index >= 15 is 0 Å². The predicted octanol–water partition coefficient (Wildman–Crippen LogP) is 3.71. The van der Waals surface area contributed by atoms with Crippen molar-refractivity contribution in [1.29, 1.82) is 0 Å². The van der Waals surface area contributed by atoms with E-state index < -0.39 is 24.7 Å². The third-order valence-corrected chi connectivity index (χ3v) is 4.54. The molecule has 0 spiro atoms. The highest BCUT2D eigenvalue weighted by Gasteiger charge is 2.37. The summed E-state index contributed by atoms with van der Waals surface area (Å²) in [6.07, 6.45) is -3.13. The van der Waals surface area contributed by atoms with Gasteiger partial charge in [0, 0.05) is 6.54 Å². The largest absolute Gasteiger partial charge is 0.449 e. The zero-order valence-electron chi connectivity index (χ0n) is 14.5. The second kappa shape index (κ2) is 7.45. The second-order valence-corrected chi connectivity index (χ2v) is 6.69. The molecule has 0 radical (unpaired) electrons. The Morgan fingerprint density at radius 2 is 1.88 bits per heavy atom. The number of rotatable bonds is 2. The van der Waals surface area contributed by atoms with Gasteiger partial charge in [-0.15, -0.1) is 0 Å². The van der Waals surface area contributed by atoms with Gasteiger partial charge in [-0.05, 0) is 49.3 Å². The lowest BCUT2D eigenvalue weighted by molar-refractivity contribution is -0.190. The first-order valence-corrected chi connectivity index (χ1v) is 8.20. The van der Waals surface area contributed by atoms with E-state index in [1.807, 2.05) is 39.0 Å². The smallest absolute Gasteiger partial charge is 0.422 e. The normalized spacial score (nSPS) is 21.1. The van der Waals surface area contributed by atoms with Crippen LogP contribution in [0.15, 0.2) is 18.2 Å². The second-order valence-electron chi connectivity index (χ2n) is 6.69. The number of carbonyl (C=O) groups excluding carboxylic acids is 2. The summed E-state index contributed by atoms with van der Waals surface area (Å²) in [4.78, 5) is 25.5. The van der Waals surface area contributed by atoms with Gasteiger partial charge in [0.25, 0.3) is 0 Å². The number of halogens is 3. The first-order chi connectivity index (χ1) is 11.6. The van der Waals surface area contributed by atoms with E-state index in [1.165, 1.54) is 4.90 Å². The molecule has 0 bridgehead atoms. The molecule has 1 aromatic carbocycles. The van der Waals surface area contributed by atoms with Crippen molar-refractivity contribution in [2.75, 3.05) is 13.2 Å². The average Bonchev–Trinajstić information content (AvgIpc) is 2.54. The fourth-order valence-corrected chi connectivity index (χ4v) is 3.02. The van der Waals surface area contributed by atoms with Crippen molar-refractivity contribution in [3.63, 3.8) is 0 Å². The Balaban J connectivity index is 2.19. The molecule has 1 fully saturated rings. The Bertz CT molecular complexity index is 657. The van der Waals surface area contributed by atoms with Crippen LogP contribution in [0.1, 0.15) is 42.5 Å². The van der Waals surface area contributed by atoms with Gasteiger partial charge < -0.3 is 9.64 Å². The number of nitrogens with zero attached hydrogens (tertiary/aromatic N) is 1. The van der Waals surface area contributed by atoms with Crippen molar-refractivity contribution in [1.82, 2.24) is 4.90 Å². The highest BCUT2D eigenvalue weighted by Crippen LogP contribution is 2.34. The number of hydrogen-bond acceptors (Lipinski definition) is 3. The molecule has 0 aromatic heterocycles. The van der Waals surface area contributed by atoms with E-state index in [0.717, 1.165) is 23.1 Å². The lowest BCUT2D eigenvalue weighted by Crippen LogP contribution is -2.45. The number of carbonyl (C=O) groups is 2. The summed E-state index contributed by atoms with van der Waals surface area (Å²) in [5, 5.41) is 0. The number of esters is 1. The molecule has 4 nitrogen and oxygen atoms in total. The van der Waals surface area contributed by atoms with Gasteiger partial charge >= 0.3 is 18.1 Å². The van der Waals surface area contributed by atoms with Crippen LogP contribution in [0.2, 0.25) is 0 Å². The number of aryl methyl sites for hydroxylation is 2. The number of ether oxygens (including phenoxy) is 1. The molecule has 25 heavy (non-hydrogen) atoms. The number of amides is 1. The fraction of sp³-hybridized carbons (Fsp3) is 0.556. The number of benzene rings is 1. The number of hydrogen-bond donors (Lipinski definition) is 0. The molecule has 0 aliphatic carbocycles. The van der Waals surface area contributed by atoms with Gasteiger partial charge in [0.2, 0.25) is 0 Å². The van der Waals surface area contributed by atoms with Gasteiger partial charge in [0.1, 0.15) is 0 Å². The zero-order chi connectivity index (χ0) is 18.8. The Labute approximate surface area is 144 Å². The molecule has 1 aliphatic rings. The van der Waals surface area contributed by atoms with Crippen LogP contribution in [0.3, 0.4) is 0 Å². The molecule has 2 rings (SSSR count). The summed E-state index contributed by atoms with van der Waals surface area (Å²) in [6, 6.07) is 5.45. The topological polar surface area (TPSA) is 46.6 Å². The highest BCUT2D eigenvalue weighted by atomic mass is 19.4. The van der Waals surface area contributed by atoms with Crippen LogP contribution in [0.5, 0.6) is 0 Å². The van der Waals surface area contributed by atoms with Gasteiger partial charge in [-0.25, -0.2) is 4.79 Å². The first kappa shape index (κ1) is 19.3. The third kappa shape index (κ3) is 4.96. The van der Waals surface area contributed by atoms with Crippen LogP contribution < -0.4 is 0 Å². The van der Waals surface area contributed by atoms with E-state index in [9.17, 15) is 22.8 Å². The minimum absolute atomic E-state index is 0.169. The quantitative estimate of drug-likeness (QED) is 0.599. The molecule has 0 saturated carbocycles. The monoisotopic (exact) mass is 357 g/mol. The molecule has 0 N–H and O–H groups in total. The van der Waals surface area contributed by atoms with Gasteiger partial charge in [-0.2, -0.15) is 13.2 Å². The molecule has 1 aromatic rings. The van der Waals surface area contributed by atoms with Gasteiger partial charge in [0.05, 0.1) is 6.04 Å². The lowest BCUT2D eigenvalue weighted by atomic mass is 9.88. The molecular weight excluding hydrogens is 335 g/mol. The van der Waals surface area contributed by atoms with E-state index in [-0.39, 0.29) is 12.0 Å². The van der Waals surface area contributed by atoms with Crippen LogP contribution in [-0.4, -0.2) is 36.1 Å². The molecule has 0 unspecified atom stereocenters. The Morgan fingerprint density at radius 1 is 1.20 bits per heavy atom. The summed E-state index contributed by atoms with van der Waals surface area (Å²) >= 11 is 0. The van der Waals surface area contributed by atoms with Gasteiger partial charge in [-0.1, -0.05) is 25.1 Å². The van der Waals surface area contributed by atoms with Crippen molar-refractivity contribution in [3.8, 4) is 0 Å². The Morgan fingerprint density at radius 3 is 2.48 bits per heavy atom. The van der Waals surface area contributed by atoms with Crippen LogP contribution >= 0.6 is 0 Å². The van der Waals surface area contributed by atoms with E-state index in [4.69, 9.17) is 0 Å². The summed E-state index contributed by atoms with van der Waals surface area (Å²) in [6.45, 7) is 4.43. The van der Waals surface area contributed by atoms with E-state index in [0.29, 0.717) is 13.0 Å². The number of likely N-dealkylation sites (tertiary alicyclic amines) is 1. The first-order valence-electron chi connectivity index (χ1n) is 8.20. The minimum Gasteiger partial charge on any atom is -0.449 e. The molecular formula is C18H22F3NO3. The highest BCUT2D eigenvalue weighted by molar-refractivity contribution is 6.32. The number of piperidine rings is 1. The Hall–Kier alpha value is -2.05. The lowest BCUT2D eigenvalue weighted by Gasteiger charge is -2.38. The van der Waals surface area contributed by atoms with Crippen LogP contribution in [0.4, 0.5) is 13.2 Å². The molecule has 7 heteroatoms. The van der Waals surface area contributed by atoms with Crippen molar-refractivity contribution in [3.05, 3.63) is 34.9 Å². The zero-order valence-corrected chi connectivity index (χ0v) is 14.5. The van der Waals surface area contributed by atoms with Crippen LogP contribution in [0.25, 0.3) is 0 Å². The van der Waals surface area contributed by atoms with Crippen molar-refractivity contribution < 1.29 is 27.5 Å². The van der Waals surface area contributed by atoms with Gasteiger partial charge in [0.15, 0.2) is 6.61 Å². The SMILES string of the molecule is Cc1ccc([C@H]2CC[C@H](C)CN2C(=O)C(=O)OCC(F)(F)F)cc1C. The standard InChI is InChI=1S/C18H22F3NO3/c1-11-4-7-15(14-6-5-12(2)13(3)8-14)22(9-11)16(23)17(24)25-10-18(19,20)21/h5-6,8,11,15H,4,7,9-10H2,1-3H3/t11-,15+/m0/s1. The predicted molar refractivity (Wildman–Crippen MR) is 85.8 cm³/mol. The molecule has 2 atom stereocenters. The number of alkyl halides is 3. The maximum atomic E-state index is 12.4. The summed E-state index contributed by atoms with van der Waals surface area (Å²) in [5.74, 6) is -2.30. The summed E-state index contributed by atoms with van der Waals surface area (Å²) < 4.78 is 40.7. The molecule has 138 valence electrons. The maximum Gasteiger partial charge on any atom is 0.422 e. The molecule has 1 heterocycles. The van der Waals surface area contributed by atoms with Crippen molar-refractivity contribution in [2.24, 2.45) is 5.92 Å². The minimum atomic E-state index is -4.65. The van der Waals surface area contributed by atoms with Gasteiger partial charge in [-0.3, -0.25) is 4.79 Å². The van der Waals surface area contributed by atoms with Crippen LogP contribution in [0, 0.1) is 19.8 Å². The molecule has 1 aliphatic heterocycles. The van der Waals surface area contributed by atoms with Crippen molar-refractivity contribution >= 4 is 11.9 Å². The fourth-order valence-electron chi connectivity index (χ4n) is 3.02. The van der Waals surface area contributed by atoms with E-state index in [1.54, 1.807) is 0 Å². The van der Waals surface area contributed by atoms with E-state index in [2.05, 4.69) is 4.74 Å². The summed E-state index contributed by atoms with van der Waals surface area (Å²) in [7, 11) is 0. The maximum absolute atomic E-state index is 12.4. The molecule has 1 amide bonds. The Kier molecular flexibility index (Phi) is 5.75.